The summed E-state index contributed by atoms with van der Waals surface area (Å²) in [5.41, 5.74) is 2.57. The number of hydrogen-bond donors (Lipinski definition) is 1. The van der Waals surface area contributed by atoms with Gasteiger partial charge in [0, 0.05) is 19.7 Å². The smallest absolute Gasteiger partial charge is 0.119 e. The van der Waals surface area contributed by atoms with Crippen LogP contribution in [0.1, 0.15) is 18.1 Å². The molecular weight excluding hydrogens is 214 g/mol. The largest absolute Gasteiger partial charge is 0.492 e. The number of benzene rings is 1. The van der Waals surface area contributed by atoms with Crippen molar-refractivity contribution in [1.82, 2.24) is 5.32 Å². The van der Waals surface area contributed by atoms with Crippen molar-refractivity contribution in [3.63, 3.8) is 0 Å². The van der Waals surface area contributed by atoms with Gasteiger partial charge in [-0.15, -0.1) is 0 Å². The van der Waals surface area contributed by atoms with E-state index in [1.807, 2.05) is 13.0 Å². The van der Waals surface area contributed by atoms with Crippen molar-refractivity contribution in [1.29, 1.82) is 0 Å². The molecule has 1 rings (SSSR count). The van der Waals surface area contributed by atoms with Crippen molar-refractivity contribution in [2.45, 2.75) is 20.8 Å². The van der Waals surface area contributed by atoms with Crippen LogP contribution in [-0.4, -0.2) is 32.9 Å². The molecule has 0 aromatic heterocycles. The Morgan fingerprint density at radius 1 is 1.06 bits per heavy atom. The first-order valence-corrected chi connectivity index (χ1v) is 6.22. The lowest BCUT2D eigenvalue weighted by Gasteiger charge is -2.09. The van der Waals surface area contributed by atoms with Crippen LogP contribution in [0, 0.1) is 13.8 Å². The normalized spacial score (nSPS) is 10.5. The van der Waals surface area contributed by atoms with Crippen LogP contribution in [0.25, 0.3) is 0 Å². The Hall–Kier alpha value is -1.06. The average molecular weight is 237 g/mol. The summed E-state index contributed by atoms with van der Waals surface area (Å²) in [6, 6.07) is 6.19. The number of hydrogen-bond acceptors (Lipinski definition) is 3. The van der Waals surface area contributed by atoms with E-state index in [4.69, 9.17) is 9.47 Å². The molecule has 0 radical (unpaired) electrons. The average Bonchev–Trinajstić information content (AvgIpc) is 2.32. The molecular formula is C14H23NO2. The summed E-state index contributed by atoms with van der Waals surface area (Å²) in [4.78, 5) is 0. The van der Waals surface area contributed by atoms with Crippen molar-refractivity contribution in [2.24, 2.45) is 0 Å². The Bertz CT molecular complexity index is 326. The molecule has 0 aliphatic carbocycles. The first kappa shape index (κ1) is 14.0. The molecule has 0 aliphatic heterocycles. The Morgan fingerprint density at radius 2 is 1.82 bits per heavy atom. The van der Waals surface area contributed by atoms with Crippen molar-refractivity contribution < 1.29 is 9.47 Å². The second kappa shape index (κ2) is 8.09. The zero-order valence-corrected chi connectivity index (χ0v) is 11.1. The van der Waals surface area contributed by atoms with Crippen LogP contribution in [0.4, 0.5) is 0 Å². The fourth-order valence-electron chi connectivity index (χ4n) is 1.46. The van der Waals surface area contributed by atoms with Gasteiger partial charge in [0.05, 0.1) is 6.61 Å². The monoisotopic (exact) mass is 237 g/mol. The van der Waals surface area contributed by atoms with Crippen molar-refractivity contribution in [2.75, 3.05) is 32.9 Å². The molecule has 1 aromatic rings. The SMILES string of the molecule is CCOCCNCCOc1ccc(C)c(C)c1. The van der Waals surface area contributed by atoms with E-state index < -0.39 is 0 Å². The summed E-state index contributed by atoms with van der Waals surface area (Å²) in [6.45, 7) is 10.2. The van der Waals surface area contributed by atoms with E-state index >= 15 is 0 Å². The Kier molecular flexibility index (Phi) is 6.67. The maximum absolute atomic E-state index is 5.65. The van der Waals surface area contributed by atoms with Crippen LogP contribution in [0.15, 0.2) is 18.2 Å². The van der Waals surface area contributed by atoms with Gasteiger partial charge in [-0.3, -0.25) is 0 Å². The van der Waals surface area contributed by atoms with Gasteiger partial charge in [0.1, 0.15) is 12.4 Å². The zero-order valence-electron chi connectivity index (χ0n) is 11.1. The molecule has 0 saturated heterocycles. The summed E-state index contributed by atoms with van der Waals surface area (Å²) in [5.74, 6) is 0.944. The fraction of sp³-hybridized carbons (Fsp3) is 0.571. The van der Waals surface area contributed by atoms with Crippen LogP contribution in [0.5, 0.6) is 5.75 Å². The highest BCUT2D eigenvalue weighted by molar-refractivity contribution is 5.33. The van der Waals surface area contributed by atoms with E-state index in [1.54, 1.807) is 0 Å². The molecule has 0 bridgehead atoms. The zero-order chi connectivity index (χ0) is 12.5. The Labute approximate surface area is 104 Å². The van der Waals surface area contributed by atoms with Crippen LogP contribution in [-0.2, 0) is 4.74 Å². The first-order chi connectivity index (χ1) is 8.24. The molecule has 0 spiro atoms. The van der Waals surface area contributed by atoms with Gasteiger partial charge in [-0.1, -0.05) is 6.07 Å². The molecule has 0 fully saturated rings. The predicted octanol–water partition coefficient (Wildman–Crippen LogP) is 2.31. The van der Waals surface area contributed by atoms with Crippen molar-refractivity contribution >= 4 is 0 Å². The highest BCUT2D eigenvalue weighted by atomic mass is 16.5. The molecule has 0 amide bonds. The van der Waals surface area contributed by atoms with Crippen LogP contribution in [0.3, 0.4) is 0 Å². The molecule has 0 heterocycles. The predicted molar refractivity (Wildman–Crippen MR) is 70.8 cm³/mol. The quantitative estimate of drug-likeness (QED) is 0.704. The van der Waals surface area contributed by atoms with E-state index in [2.05, 4.69) is 31.3 Å². The van der Waals surface area contributed by atoms with Crippen molar-refractivity contribution in [3.05, 3.63) is 29.3 Å². The minimum absolute atomic E-state index is 0.689. The topological polar surface area (TPSA) is 30.5 Å². The molecule has 1 N–H and O–H groups in total. The van der Waals surface area contributed by atoms with Crippen molar-refractivity contribution in [3.8, 4) is 5.75 Å². The fourth-order valence-corrected chi connectivity index (χ4v) is 1.46. The highest BCUT2D eigenvalue weighted by Crippen LogP contribution is 2.15. The van der Waals surface area contributed by atoms with Gasteiger partial charge in [-0.05, 0) is 44.0 Å². The third-order valence-corrected chi connectivity index (χ3v) is 2.65. The third kappa shape index (κ3) is 5.71. The van der Waals surface area contributed by atoms with Gasteiger partial charge in [0.25, 0.3) is 0 Å². The molecule has 0 atom stereocenters. The lowest BCUT2D eigenvalue weighted by atomic mass is 10.1. The van der Waals surface area contributed by atoms with Gasteiger partial charge in [-0.25, -0.2) is 0 Å². The molecule has 3 nitrogen and oxygen atoms in total. The maximum Gasteiger partial charge on any atom is 0.119 e. The van der Waals surface area contributed by atoms with Gasteiger partial charge in [0.2, 0.25) is 0 Å². The first-order valence-electron chi connectivity index (χ1n) is 6.22. The molecule has 0 saturated carbocycles. The van der Waals surface area contributed by atoms with E-state index in [1.165, 1.54) is 11.1 Å². The number of nitrogens with one attached hydrogen (secondary N) is 1. The number of aryl methyl sites for hydroxylation is 2. The third-order valence-electron chi connectivity index (χ3n) is 2.65. The maximum atomic E-state index is 5.65. The van der Waals surface area contributed by atoms with E-state index in [9.17, 15) is 0 Å². The number of rotatable bonds is 8. The summed E-state index contributed by atoms with van der Waals surface area (Å²) in [5, 5.41) is 3.27. The van der Waals surface area contributed by atoms with Crippen LogP contribution < -0.4 is 10.1 Å². The molecule has 17 heavy (non-hydrogen) atoms. The lowest BCUT2D eigenvalue weighted by molar-refractivity contribution is 0.148. The van der Waals surface area contributed by atoms with Crippen LogP contribution >= 0.6 is 0 Å². The summed E-state index contributed by atoms with van der Waals surface area (Å²) in [7, 11) is 0. The lowest BCUT2D eigenvalue weighted by Crippen LogP contribution is -2.25. The second-order valence-electron chi connectivity index (χ2n) is 4.04. The molecule has 96 valence electrons. The minimum Gasteiger partial charge on any atom is -0.492 e. The van der Waals surface area contributed by atoms with Gasteiger partial charge in [-0.2, -0.15) is 0 Å². The molecule has 0 aliphatic rings. The van der Waals surface area contributed by atoms with Crippen LogP contribution in [0.2, 0.25) is 0 Å². The highest BCUT2D eigenvalue weighted by Gasteiger charge is 1.96. The van der Waals surface area contributed by atoms with E-state index in [-0.39, 0.29) is 0 Å². The van der Waals surface area contributed by atoms with E-state index in [0.29, 0.717) is 6.61 Å². The second-order valence-corrected chi connectivity index (χ2v) is 4.04. The van der Waals surface area contributed by atoms with Gasteiger partial charge >= 0.3 is 0 Å². The van der Waals surface area contributed by atoms with E-state index in [0.717, 1.165) is 32.1 Å². The summed E-state index contributed by atoms with van der Waals surface area (Å²) in [6.07, 6.45) is 0. The molecule has 3 heteroatoms. The summed E-state index contributed by atoms with van der Waals surface area (Å²) >= 11 is 0. The number of ether oxygens (including phenoxy) is 2. The Balaban J connectivity index is 2.11. The minimum atomic E-state index is 0.689. The standard InChI is InChI=1S/C14H23NO2/c1-4-16-9-7-15-8-10-17-14-6-5-12(2)13(3)11-14/h5-6,11,15H,4,7-10H2,1-3H3. The molecule has 0 unspecified atom stereocenters. The molecule has 1 aromatic carbocycles. The van der Waals surface area contributed by atoms with Gasteiger partial charge < -0.3 is 14.8 Å². The Morgan fingerprint density at radius 3 is 2.53 bits per heavy atom. The summed E-state index contributed by atoms with van der Waals surface area (Å²) < 4.78 is 10.9. The van der Waals surface area contributed by atoms with Gasteiger partial charge in [0.15, 0.2) is 0 Å².